The van der Waals surface area contributed by atoms with Gasteiger partial charge in [-0.25, -0.2) is 4.98 Å². The average molecular weight is 216 g/mol. The van der Waals surface area contributed by atoms with Crippen molar-refractivity contribution < 1.29 is 0 Å². The normalized spacial score (nSPS) is 8.90. The highest BCUT2D eigenvalue weighted by Crippen LogP contribution is 2.20. The van der Waals surface area contributed by atoms with Crippen LogP contribution in [0.2, 0.25) is 5.02 Å². The Balaban J connectivity index is 3.20. The van der Waals surface area contributed by atoms with Crippen LogP contribution in [0.3, 0.4) is 0 Å². The molecule has 0 unspecified atom stereocenters. The van der Waals surface area contributed by atoms with Crippen molar-refractivity contribution in [3.05, 3.63) is 27.5 Å². The highest BCUT2D eigenvalue weighted by Gasteiger charge is 1.96. The number of nitrogens with zero attached hydrogens (tertiary/aromatic N) is 1. The Hall–Kier alpha value is -0.520. The van der Waals surface area contributed by atoms with Crippen molar-refractivity contribution in [2.24, 2.45) is 0 Å². The third kappa shape index (κ3) is 1.50. The minimum Gasteiger partial charge on any atom is -0.247 e. The summed E-state index contributed by atoms with van der Waals surface area (Å²) in [6, 6.07) is 1.63. The fourth-order valence-electron chi connectivity index (χ4n) is 0.493. The quantitative estimate of drug-likeness (QED) is 0.607. The maximum atomic E-state index is 5.71. The van der Waals surface area contributed by atoms with Gasteiger partial charge in [0.2, 0.25) is 0 Å². The van der Waals surface area contributed by atoms with Gasteiger partial charge >= 0.3 is 0 Å². The number of hydrogen-bond donors (Lipinski definition) is 0. The van der Waals surface area contributed by atoms with Crippen LogP contribution in [-0.4, -0.2) is 4.98 Å². The van der Waals surface area contributed by atoms with Crippen molar-refractivity contribution in [1.82, 2.24) is 4.98 Å². The van der Waals surface area contributed by atoms with Gasteiger partial charge in [-0.1, -0.05) is 17.5 Å². The van der Waals surface area contributed by atoms with E-state index < -0.39 is 0 Å². The van der Waals surface area contributed by atoms with E-state index in [0.29, 0.717) is 10.7 Å². The molecule has 0 spiro atoms. The van der Waals surface area contributed by atoms with Crippen LogP contribution in [-0.2, 0) is 0 Å². The first-order valence-electron chi connectivity index (χ1n) is 2.51. The number of rotatable bonds is 0. The molecule has 0 saturated heterocycles. The highest BCUT2D eigenvalue weighted by atomic mass is 79.9. The lowest BCUT2D eigenvalue weighted by Crippen LogP contribution is -1.80. The third-order valence-corrected chi connectivity index (χ3v) is 2.13. The van der Waals surface area contributed by atoms with Crippen LogP contribution >= 0.6 is 27.5 Å². The van der Waals surface area contributed by atoms with Gasteiger partial charge < -0.3 is 0 Å². The maximum absolute atomic E-state index is 5.71. The summed E-state index contributed by atoms with van der Waals surface area (Å²) in [4.78, 5) is 3.89. The Morgan fingerprint density at radius 2 is 2.40 bits per heavy atom. The average Bonchev–Trinajstić information content (AvgIpc) is 1.95. The zero-order valence-electron chi connectivity index (χ0n) is 4.94. The molecule has 1 heterocycles. The van der Waals surface area contributed by atoms with Crippen LogP contribution in [0.1, 0.15) is 5.69 Å². The van der Waals surface area contributed by atoms with E-state index in [4.69, 9.17) is 18.0 Å². The molecular formula is C7H3BrClN. The molecule has 1 nitrogen and oxygen atoms in total. The molecule has 0 aliphatic heterocycles. The van der Waals surface area contributed by atoms with Crippen LogP contribution < -0.4 is 0 Å². The van der Waals surface area contributed by atoms with Crippen LogP contribution in [0.5, 0.6) is 0 Å². The first-order valence-corrected chi connectivity index (χ1v) is 3.69. The second kappa shape index (κ2) is 3.05. The zero-order chi connectivity index (χ0) is 7.56. The first kappa shape index (κ1) is 7.59. The van der Waals surface area contributed by atoms with Gasteiger partial charge in [-0.3, -0.25) is 0 Å². The molecule has 1 aromatic heterocycles. The number of hydrogen-bond acceptors (Lipinski definition) is 1. The van der Waals surface area contributed by atoms with Crippen molar-refractivity contribution in [3.8, 4) is 12.3 Å². The molecule has 0 aromatic carbocycles. The van der Waals surface area contributed by atoms with Gasteiger partial charge in [0.05, 0.1) is 9.50 Å². The van der Waals surface area contributed by atoms with Gasteiger partial charge in [0, 0.05) is 6.20 Å². The highest BCUT2D eigenvalue weighted by molar-refractivity contribution is 9.10. The van der Waals surface area contributed by atoms with E-state index in [2.05, 4.69) is 26.8 Å². The smallest absolute Gasteiger partial charge is 0.114 e. The number of terminal acetylenes is 1. The lowest BCUT2D eigenvalue weighted by Gasteiger charge is -1.93. The van der Waals surface area contributed by atoms with Gasteiger partial charge in [-0.05, 0) is 22.0 Å². The number of halogens is 2. The van der Waals surface area contributed by atoms with Crippen LogP contribution in [0.4, 0.5) is 0 Å². The molecule has 1 aromatic rings. The summed E-state index contributed by atoms with van der Waals surface area (Å²) < 4.78 is 0.758. The molecular weight excluding hydrogens is 213 g/mol. The fraction of sp³-hybridized carbons (Fsp3) is 0. The largest absolute Gasteiger partial charge is 0.247 e. The molecule has 10 heavy (non-hydrogen) atoms. The van der Waals surface area contributed by atoms with E-state index in [9.17, 15) is 0 Å². The molecule has 0 aliphatic rings. The first-order chi connectivity index (χ1) is 4.74. The lowest BCUT2D eigenvalue weighted by molar-refractivity contribution is 1.27. The molecule has 0 atom stereocenters. The second-order valence-electron chi connectivity index (χ2n) is 1.63. The minimum atomic E-state index is 0.549. The molecule has 0 N–H and O–H groups in total. The molecule has 0 bridgehead atoms. The Morgan fingerprint density at radius 1 is 1.70 bits per heavy atom. The van der Waals surface area contributed by atoms with E-state index in [1.165, 1.54) is 0 Å². The maximum Gasteiger partial charge on any atom is 0.114 e. The Bertz CT molecular complexity index is 290. The molecule has 3 heteroatoms. The summed E-state index contributed by atoms with van der Waals surface area (Å²) in [7, 11) is 0. The van der Waals surface area contributed by atoms with Crippen LogP contribution in [0.15, 0.2) is 16.7 Å². The molecule has 0 amide bonds. The van der Waals surface area contributed by atoms with Gasteiger partial charge in [-0.15, -0.1) is 6.42 Å². The molecule has 0 aliphatic carbocycles. The Kier molecular flexibility index (Phi) is 2.31. The summed E-state index contributed by atoms with van der Waals surface area (Å²) in [5.74, 6) is 2.38. The predicted molar refractivity (Wildman–Crippen MR) is 44.9 cm³/mol. The topological polar surface area (TPSA) is 12.9 Å². The van der Waals surface area contributed by atoms with Crippen molar-refractivity contribution in [2.75, 3.05) is 0 Å². The van der Waals surface area contributed by atoms with Gasteiger partial charge in [0.25, 0.3) is 0 Å². The van der Waals surface area contributed by atoms with E-state index in [1.807, 2.05) is 0 Å². The fourth-order valence-corrected chi connectivity index (χ4v) is 0.862. The van der Waals surface area contributed by atoms with Gasteiger partial charge in [0.15, 0.2) is 0 Å². The summed E-state index contributed by atoms with van der Waals surface area (Å²) in [5, 5.41) is 0.586. The van der Waals surface area contributed by atoms with E-state index >= 15 is 0 Å². The molecule has 0 fully saturated rings. The van der Waals surface area contributed by atoms with Crippen molar-refractivity contribution in [1.29, 1.82) is 0 Å². The van der Waals surface area contributed by atoms with Crippen molar-refractivity contribution in [2.45, 2.75) is 0 Å². The van der Waals surface area contributed by atoms with E-state index in [0.717, 1.165) is 4.47 Å². The summed E-state index contributed by atoms with van der Waals surface area (Å²) in [6.45, 7) is 0. The Morgan fingerprint density at radius 3 is 2.90 bits per heavy atom. The van der Waals surface area contributed by atoms with E-state index in [1.54, 1.807) is 12.3 Å². The lowest BCUT2D eigenvalue weighted by atomic mass is 10.4. The summed E-state index contributed by atoms with van der Waals surface area (Å²) in [5.41, 5.74) is 0.549. The van der Waals surface area contributed by atoms with Gasteiger partial charge in [-0.2, -0.15) is 0 Å². The van der Waals surface area contributed by atoms with Crippen LogP contribution in [0.25, 0.3) is 0 Å². The molecule has 0 radical (unpaired) electrons. The van der Waals surface area contributed by atoms with Crippen molar-refractivity contribution in [3.63, 3.8) is 0 Å². The predicted octanol–water partition coefficient (Wildman–Crippen LogP) is 2.48. The SMILES string of the molecule is C#Cc1cc(Cl)c(Br)cn1. The zero-order valence-corrected chi connectivity index (χ0v) is 7.28. The van der Waals surface area contributed by atoms with Crippen LogP contribution in [0, 0.1) is 12.3 Å². The van der Waals surface area contributed by atoms with Crippen molar-refractivity contribution >= 4 is 27.5 Å². The Labute approximate surface area is 72.6 Å². The van der Waals surface area contributed by atoms with Gasteiger partial charge in [0.1, 0.15) is 5.69 Å². The summed E-state index contributed by atoms with van der Waals surface area (Å²) in [6.07, 6.45) is 6.66. The molecule has 50 valence electrons. The number of pyridine rings is 1. The standard InChI is InChI=1S/C7H3BrClN/c1-2-5-3-7(9)6(8)4-10-5/h1,3-4H. The monoisotopic (exact) mass is 215 g/mol. The molecule has 1 rings (SSSR count). The summed E-state index contributed by atoms with van der Waals surface area (Å²) >= 11 is 8.91. The second-order valence-corrected chi connectivity index (χ2v) is 2.89. The van der Waals surface area contributed by atoms with E-state index in [-0.39, 0.29) is 0 Å². The minimum absolute atomic E-state index is 0.549. The molecule has 0 saturated carbocycles. The third-order valence-electron chi connectivity index (χ3n) is 0.956. The number of aromatic nitrogens is 1.